The fourth-order valence-corrected chi connectivity index (χ4v) is 4.67. The van der Waals surface area contributed by atoms with E-state index < -0.39 is 65.9 Å². The van der Waals surface area contributed by atoms with Gasteiger partial charge in [-0.2, -0.15) is 23.6 Å². The third-order valence-corrected chi connectivity index (χ3v) is 7.77. The lowest BCUT2D eigenvalue weighted by molar-refractivity contribution is -0.0436. The number of ether oxygens (including phenoxy) is 1. The first-order chi connectivity index (χ1) is 15.6. The summed E-state index contributed by atoms with van der Waals surface area (Å²) in [6.45, 7) is 2.69. The molecule has 2 N–H and O–H groups in total. The minimum atomic E-state index is -5.91. The standard InChI is InChI=1S/C21H17F5N2O4S2/c1-20(2,33(28)29)9-15-16(23)8-14-17(32-13-6-11(10-27)5-12(22)7-13)3-4-18(19(14)15)34(30,31)21(24,25)26/h3-7,9,16H,8,28H2,1-2H3. The lowest BCUT2D eigenvalue weighted by atomic mass is 10.0. The summed E-state index contributed by atoms with van der Waals surface area (Å²) in [5.74, 6) is -1.28. The second-order valence-electron chi connectivity index (χ2n) is 7.93. The zero-order valence-electron chi connectivity index (χ0n) is 17.6. The van der Waals surface area contributed by atoms with E-state index in [1.165, 1.54) is 13.8 Å². The molecular formula is C21H17F5N2O4S2. The number of sulfone groups is 1. The summed E-state index contributed by atoms with van der Waals surface area (Å²) >= 11 is -2.07. The van der Waals surface area contributed by atoms with Crippen molar-refractivity contribution >= 4 is 26.8 Å². The van der Waals surface area contributed by atoms with E-state index in [4.69, 9.17) is 15.1 Å². The number of halogens is 5. The van der Waals surface area contributed by atoms with E-state index in [1.54, 1.807) is 6.07 Å². The molecule has 0 radical (unpaired) electrons. The van der Waals surface area contributed by atoms with Crippen molar-refractivity contribution in [3.8, 4) is 17.6 Å². The third kappa shape index (κ3) is 4.76. The van der Waals surface area contributed by atoms with Crippen LogP contribution in [0.3, 0.4) is 0 Å². The Hall–Kier alpha value is -2.66. The Balaban J connectivity index is 2.29. The molecule has 0 saturated heterocycles. The molecule has 1 aliphatic rings. The van der Waals surface area contributed by atoms with Gasteiger partial charge >= 0.3 is 5.51 Å². The molecule has 6 nitrogen and oxygen atoms in total. The molecule has 0 aromatic heterocycles. The molecule has 0 heterocycles. The number of benzene rings is 2. The maximum absolute atomic E-state index is 15.1. The van der Waals surface area contributed by atoms with Crippen molar-refractivity contribution in [1.82, 2.24) is 0 Å². The van der Waals surface area contributed by atoms with Gasteiger partial charge in [0.25, 0.3) is 9.84 Å². The topological polar surface area (TPSA) is 116 Å². The number of nitrogens with zero attached hydrogens (tertiary/aromatic N) is 1. The van der Waals surface area contributed by atoms with E-state index in [1.807, 2.05) is 0 Å². The molecule has 1 aliphatic carbocycles. The first-order valence-corrected chi connectivity index (χ1v) is 12.2. The van der Waals surface area contributed by atoms with Crippen LogP contribution in [-0.4, -0.2) is 29.4 Å². The molecule has 0 bridgehead atoms. The molecule has 34 heavy (non-hydrogen) atoms. The van der Waals surface area contributed by atoms with Crippen molar-refractivity contribution in [2.24, 2.45) is 5.14 Å². The number of rotatable bonds is 5. The maximum atomic E-state index is 15.1. The summed E-state index contributed by atoms with van der Waals surface area (Å²) in [4.78, 5) is -1.20. The van der Waals surface area contributed by atoms with Crippen LogP contribution in [0.25, 0.3) is 5.57 Å². The van der Waals surface area contributed by atoms with Crippen molar-refractivity contribution < 1.29 is 39.7 Å². The first kappa shape index (κ1) is 26.0. The predicted octanol–water partition coefficient (Wildman–Crippen LogP) is 4.46. The summed E-state index contributed by atoms with van der Waals surface area (Å²) in [7, 11) is -5.91. The van der Waals surface area contributed by atoms with Gasteiger partial charge in [-0.1, -0.05) is 0 Å². The highest BCUT2D eigenvalue weighted by molar-refractivity contribution is 7.92. The second-order valence-corrected chi connectivity index (χ2v) is 11.5. The van der Waals surface area contributed by atoms with Crippen LogP contribution in [0.2, 0.25) is 0 Å². The third-order valence-electron chi connectivity index (χ3n) is 5.09. The van der Waals surface area contributed by atoms with E-state index in [2.05, 4.69) is 0 Å². The Morgan fingerprint density at radius 2 is 1.91 bits per heavy atom. The van der Waals surface area contributed by atoms with Crippen LogP contribution in [-0.2, 0) is 27.6 Å². The minimum Gasteiger partial charge on any atom is -0.598 e. The summed E-state index contributed by atoms with van der Waals surface area (Å²) < 4.78 is 110. The molecule has 13 heteroatoms. The smallest absolute Gasteiger partial charge is 0.501 e. The zero-order valence-corrected chi connectivity index (χ0v) is 19.2. The zero-order chi connectivity index (χ0) is 25.6. The molecule has 2 atom stereocenters. The van der Waals surface area contributed by atoms with Gasteiger partial charge in [-0.25, -0.2) is 17.2 Å². The SMILES string of the molecule is CC(C)(C=C1c2c(S(=O)(=O)C(F)(F)F)ccc(Oc3cc(F)cc(C#N)c3)c2CC1F)[S+](N)[O-]. The lowest BCUT2D eigenvalue weighted by Gasteiger charge is -2.22. The van der Waals surface area contributed by atoms with Crippen molar-refractivity contribution in [2.45, 2.75) is 41.6 Å². The molecule has 182 valence electrons. The number of allylic oxidation sites excluding steroid dienone is 1. The molecule has 2 unspecified atom stereocenters. The van der Waals surface area contributed by atoms with E-state index in [0.717, 1.165) is 30.3 Å². The molecule has 3 rings (SSSR count). The number of nitriles is 1. The Bertz CT molecular complexity index is 1320. The number of hydrogen-bond donors (Lipinski definition) is 1. The second kappa shape index (κ2) is 8.84. The Morgan fingerprint density at radius 3 is 2.47 bits per heavy atom. The Morgan fingerprint density at radius 1 is 1.26 bits per heavy atom. The van der Waals surface area contributed by atoms with Gasteiger partial charge in [0.05, 0.1) is 16.5 Å². The number of nitrogens with two attached hydrogens (primary N) is 1. The number of alkyl halides is 4. The van der Waals surface area contributed by atoms with Crippen molar-refractivity contribution in [1.29, 1.82) is 5.26 Å². The van der Waals surface area contributed by atoms with Crippen LogP contribution < -0.4 is 9.88 Å². The molecule has 0 fully saturated rings. The van der Waals surface area contributed by atoms with Gasteiger partial charge in [0.2, 0.25) is 0 Å². The van der Waals surface area contributed by atoms with E-state index >= 15 is 4.39 Å². The van der Waals surface area contributed by atoms with Crippen LogP contribution in [0, 0.1) is 17.1 Å². The summed E-state index contributed by atoms with van der Waals surface area (Å²) in [6, 6.07) is 6.18. The van der Waals surface area contributed by atoms with Gasteiger partial charge in [-0.05, 0) is 49.8 Å². The monoisotopic (exact) mass is 520 g/mol. The largest absolute Gasteiger partial charge is 0.598 e. The van der Waals surface area contributed by atoms with Crippen LogP contribution >= 0.6 is 0 Å². The molecule has 2 aromatic carbocycles. The minimum absolute atomic E-state index is 0.112. The highest BCUT2D eigenvalue weighted by Crippen LogP contribution is 2.47. The first-order valence-electron chi connectivity index (χ1n) is 9.47. The fraction of sp³-hybridized carbons (Fsp3) is 0.286. The van der Waals surface area contributed by atoms with Gasteiger partial charge in [-0.15, -0.1) is 0 Å². The van der Waals surface area contributed by atoms with Crippen molar-refractivity contribution in [3.63, 3.8) is 0 Å². The highest BCUT2D eigenvalue weighted by atomic mass is 32.2. The molecule has 0 saturated carbocycles. The van der Waals surface area contributed by atoms with E-state index in [-0.39, 0.29) is 22.6 Å². The van der Waals surface area contributed by atoms with Crippen molar-refractivity contribution in [2.75, 3.05) is 0 Å². The van der Waals surface area contributed by atoms with Gasteiger partial charge < -0.3 is 9.29 Å². The molecule has 0 aliphatic heterocycles. The van der Waals surface area contributed by atoms with E-state index in [0.29, 0.717) is 6.07 Å². The Kier molecular flexibility index (Phi) is 6.75. The lowest BCUT2D eigenvalue weighted by Crippen LogP contribution is -2.36. The molecule has 0 amide bonds. The van der Waals surface area contributed by atoms with Crippen molar-refractivity contribution in [3.05, 3.63) is 58.9 Å². The van der Waals surface area contributed by atoms with E-state index in [9.17, 15) is 30.5 Å². The van der Waals surface area contributed by atoms with Crippen LogP contribution in [0.1, 0.15) is 30.5 Å². The number of hydrogen-bond acceptors (Lipinski definition) is 6. The quantitative estimate of drug-likeness (QED) is 0.460. The average molecular weight is 521 g/mol. The molecule has 2 aromatic rings. The maximum Gasteiger partial charge on any atom is 0.501 e. The summed E-state index contributed by atoms with van der Waals surface area (Å²) in [5.41, 5.74) is -7.04. The predicted molar refractivity (Wildman–Crippen MR) is 114 cm³/mol. The normalized spacial score (nSPS) is 18.5. The average Bonchev–Trinajstić information content (AvgIpc) is 3.02. The summed E-state index contributed by atoms with van der Waals surface area (Å²) in [5, 5.41) is 14.4. The van der Waals surface area contributed by atoms with Gasteiger partial charge in [0, 0.05) is 35.0 Å². The molecule has 0 spiro atoms. The van der Waals surface area contributed by atoms with Crippen LogP contribution in [0.4, 0.5) is 22.0 Å². The summed E-state index contributed by atoms with van der Waals surface area (Å²) in [6.07, 6.45) is -1.49. The number of fused-ring (bicyclic) bond motifs is 1. The van der Waals surface area contributed by atoms with Gasteiger partial charge in [-0.3, -0.25) is 0 Å². The Labute approximate surface area is 195 Å². The highest BCUT2D eigenvalue weighted by Gasteiger charge is 2.50. The van der Waals surface area contributed by atoms with Crippen LogP contribution in [0.15, 0.2) is 41.3 Å². The van der Waals surface area contributed by atoms with Crippen LogP contribution in [0.5, 0.6) is 11.5 Å². The van der Waals surface area contributed by atoms with Gasteiger partial charge in [0.1, 0.15) is 23.5 Å². The van der Waals surface area contributed by atoms with Gasteiger partial charge in [0.15, 0.2) is 4.75 Å². The fourth-order valence-electron chi connectivity index (χ4n) is 3.42. The molecular weight excluding hydrogens is 503 g/mol.